The molecule has 0 bridgehead atoms. The summed E-state index contributed by atoms with van der Waals surface area (Å²) in [4.78, 5) is 16.8. The van der Waals surface area contributed by atoms with Crippen molar-refractivity contribution in [3.05, 3.63) is 46.7 Å². The lowest BCUT2D eigenvalue weighted by Crippen LogP contribution is -2.50. The second kappa shape index (κ2) is 12.7. The summed E-state index contributed by atoms with van der Waals surface area (Å²) in [6, 6.07) is 11.7. The zero-order valence-corrected chi connectivity index (χ0v) is 24.7. The van der Waals surface area contributed by atoms with Crippen LogP contribution in [0.4, 0.5) is 4.79 Å². The first-order valence-corrected chi connectivity index (χ1v) is 14.2. The van der Waals surface area contributed by atoms with Crippen LogP contribution in [0, 0.1) is 45.3 Å². The van der Waals surface area contributed by atoms with Gasteiger partial charge in [0.05, 0.1) is 43.2 Å². The number of nitriles is 3. The minimum atomic E-state index is -1.85. The quantitative estimate of drug-likeness (QED) is 0.511. The summed E-state index contributed by atoms with van der Waals surface area (Å²) < 4.78 is 23.1. The zero-order valence-electron chi connectivity index (χ0n) is 24.7. The fourth-order valence-corrected chi connectivity index (χ4v) is 5.75. The Labute approximate surface area is 247 Å². The van der Waals surface area contributed by atoms with Gasteiger partial charge in [-0.05, 0) is 51.0 Å². The summed E-state index contributed by atoms with van der Waals surface area (Å²) in [6.45, 7) is 12.2. The van der Waals surface area contributed by atoms with E-state index in [1.165, 1.54) is 4.90 Å². The molecular weight excluding hydrogens is 536 g/mol. The number of morpholine rings is 1. The number of allylic oxidation sites excluding steroid dienone is 2. The van der Waals surface area contributed by atoms with E-state index < -0.39 is 28.9 Å². The van der Waals surface area contributed by atoms with Crippen LogP contribution in [0.15, 0.2) is 41.1 Å². The highest BCUT2D eigenvalue weighted by Crippen LogP contribution is 2.55. The summed E-state index contributed by atoms with van der Waals surface area (Å²) in [5.74, 6) is -0.362. The number of carbonyl (C=O) groups excluding carboxylic acids is 1. The smallest absolute Gasteiger partial charge is 0.410 e. The Balaban J connectivity index is 1.73. The molecule has 1 fully saturated rings. The molecule has 2 atom stereocenters. The molecule has 4 rings (SSSR count). The number of hydrogen-bond donors (Lipinski definition) is 1. The number of nitrogens with zero attached hydrogens (tertiary/aromatic N) is 5. The fourth-order valence-electron chi connectivity index (χ4n) is 5.75. The molecule has 2 N–H and O–H groups in total. The van der Waals surface area contributed by atoms with Crippen LogP contribution < -0.4 is 15.2 Å². The number of fused-ring (bicyclic) bond motifs is 1. The molecule has 1 saturated heterocycles. The van der Waals surface area contributed by atoms with Crippen LogP contribution in [0.1, 0.15) is 39.2 Å². The molecule has 11 nitrogen and oxygen atoms in total. The summed E-state index contributed by atoms with van der Waals surface area (Å²) in [5.41, 5.74) is 5.15. The van der Waals surface area contributed by atoms with Gasteiger partial charge < -0.3 is 29.6 Å². The van der Waals surface area contributed by atoms with E-state index in [4.69, 9.17) is 24.7 Å². The molecule has 0 radical (unpaired) electrons. The average Bonchev–Trinajstić information content (AvgIpc) is 2.97. The van der Waals surface area contributed by atoms with Gasteiger partial charge in [0.25, 0.3) is 0 Å². The number of benzene rings is 1. The molecule has 11 heteroatoms. The number of hydrogen-bond acceptors (Lipinski definition) is 10. The molecule has 1 amide bonds. The van der Waals surface area contributed by atoms with E-state index in [0.29, 0.717) is 49.1 Å². The minimum Gasteiger partial charge on any atom is -0.490 e. The van der Waals surface area contributed by atoms with Gasteiger partial charge in [0, 0.05) is 44.6 Å². The molecule has 1 aromatic carbocycles. The van der Waals surface area contributed by atoms with Gasteiger partial charge >= 0.3 is 6.09 Å². The van der Waals surface area contributed by atoms with Gasteiger partial charge in [-0.15, -0.1) is 0 Å². The Bertz CT molecular complexity index is 1360. The van der Waals surface area contributed by atoms with E-state index in [2.05, 4.69) is 23.1 Å². The molecule has 1 aromatic rings. The average molecular weight is 575 g/mol. The number of rotatable bonds is 7. The largest absolute Gasteiger partial charge is 0.490 e. The maximum atomic E-state index is 13.0. The van der Waals surface area contributed by atoms with Crippen LogP contribution in [0.25, 0.3) is 0 Å². The van der Waals surface area contributed by atoms with E-state index in [9.17, 15) is 20.6 Å². The summed E-state index contributed by atoms with van der Waals surface area (Å²) in [5, 5.41) is 30.9. The highest BCUT2D eigenvalue weighted by atomic mass is 16.6. The molecule has 3 aliphatic rings. The van der Waals surface area contributed by atoms with Crippen LogP contribution >= 0.6 is 0 Å². The summed E-state index contributed by atoms with van der Waals surface area (Å²) in [7, 11) is 0. The lowest BCUT2D eigenvalue weighted by molar-refractivity contribution is 0.0224. The van der Waals surface area contributed by atoms with Gasteiger partial charge in [-0.25, -0.2) is 4.79 Å². The molecule has 0 aromatic heterocycles. The van der Waals surface area contributed by atoms with Crippen LogP contribution in [-0.4, -0.2) is 80.6 Å². The molecule has 1 aliphatic carbocycles. The van der Waals surface area contributed by atoms with E-state index in [-0.39, 0.29) is 24.4 Å². The van der Waals surface area contributed by atoms with Crippen molar-refractivity contribution in [1.82, 2.24) is 9.80 Å². The first kappa shape index (κ1) is 30.7. The van der Waals surface area contributed by atoms with Gasteiger partial charge in [0.2, 0.25) is 0 Å². The van der Waals surface area contributed by atoms with Crippen LogP contribution in [-0.2, 0) is 9.47 Å². The lowest BCUT2D eigenvalue weighted by Gasteiger charge is -2.45. The summed E-state index contributed by atoms with van der Waals surface area (Å²) in [6.07, 6.45) is 1.25. The summed E-state index contributed by atoms with van der Waals surface area (Å²) >= 11 is 0. The van der Waals surface area contributed by atoms with E-state index in [1.54, 1.807) is 45.0 Å². The molecule has 222 valence electrons. The van der Waals surface area contributed by atoms with Gasteiger partial charge in [0.1, 0.15) is 18.3 Å². The molecule has 2 heterocycles. The second-order valence-electron chi connectivity index (χ2n) is 11.5. The molecule has 42 heavy (non-hydrogen) atoms. The molecule has 0 saturated carbocycles. The minimum absolute atomic E-state index is 0.0861. The Kier molecular flexibility index (Phi) is 9.31. The Morgan fingerprint density at radius 2 is 1.86 bits per heavy atom. The molecule has 0 unspecified atom stereocenters. The Hall–Kier alpha value is -4.24. The SMILES string of the molecule is CCOc1cc([C@@H]2[C@H]3CN(C(=O)OC(C)(C)C)CC=C3C(C#N)=C(N)C2(C#N)C#N)ccc1OCCN1CCOCC1. The lowest BCUT2D eigenvalue weighted by atomic mass is 9.58. The number of nitrogens with two attached hydrogens (primary N) is 1. The molecule has 2 aliphatic heterocycles. The fraction of sp³-hybridized carbons (Fsp3) is 0.548. The third kappa shape index (κ3) is 6.16. The number of carbonyl (C=O) groups is 1. The van der Waals surface area contributed by atoms with Crippen molar-refractivity contribution in [3.63, 3.8) is 0 Å². The van der Waals surface area contributed by atoms with E-state index >= 15 is 0 Å². The number of amides is 1. The third-order valence-electron chi connectivity index (χ3n) is 7.71. The van der Waals surface area contributed by atoms with Gasteiger partial charge in [-0.1, -0.05) is 12.1 Å². The van der Waals surface area contributed by atoms with Crippen molar-refractivity contribution < 1.29 is 23.7 Å². The molecular formula is C31H38N6O5. The van der Waals surface area contributed by atoms with E-state index in [0.717, 1.165) is 19.6 Å². The highest BCUT2D eigenvalue weighted by Gasteiger charge is 2.55. The van der Waals surface area contributed by atoms with Crippen LogP contribution in [0.2, 0.25) is 0 Å². The molecule has 0 spiro atoms. The first-order chi connectivity index (χ1) is 20.1. The first-order valence-electron chi connectivity index (χ1n) is 14.2. The zero-order chi connectivity index (χ0) is 30.5. The maximum absolute atomic E-state index is 13.0. The van der Waals surface area contributed by atoms with Crippen molar-refractivity contribution in [2.24, 2.45) is 17.1 Å². The van der Waals surface area contributed by atoms with Gasteiger partial charge in [0.15, 0.2) is 16.9 Å². The standard InChI is InChI=1S/C31H38N6O5/c1-5-40-26-16-21(6-7-25(26)41-15-12-36-10-13-39-14-11-36)27-24-18-37(29(38)42-30(2,3)4)9-8-22(24)23(17-32)28(35)31(27,19-33)20-34/h6-8,16,24,27H,5,9-15,18,35H2,1-4H3/t24-,27+/m0/s1. The van der Waals surface area contributed by atoms with Gasteiger partial charge in [-0.2, -0.15) is 15.8 Å². The van der Waals surface area contributed by atoms with Crippen molar-refractivity contribution >= 4 is 6.09 Å². The normalized spacial score (nSPS) is 22.1. The van der Waals surface area contributed by atoms with Crippen LogP contribution in [0.3, 0.4) is 0 Å². The predicted molar refractivity (Wildman–Crippen MR) is 153 cm³/mol. The predicted octanol–water partition coefficient (Wildman–Crippen LogP) is 3.46. The number of ether oxygens (including phenoxy) is 4. The highest BCUT2D eigenvalue weighted by molar-refractivity contribution is 5.70. The van der Waals surface area contributed by atoms with Crippen molar-refractivity contribution in [2.75, 3.05) is 59.2 Å². The van der Waals surface area contributed by atoms with E-state index in [1.807, 2.05) is 6.92 Å². The second-order valence-corrected chi connectivity index (χ2v) is 11.5. The van der Waals surface area contributed by atoms with Crippen molar-refractivity contribution in [1.29, 1.82) is 15.8 Å². The topological polar surface area (TPSA) is 158 Å². The third-order valence-corrected chi connectivity index (χ3v) is 7.71. The monoisotopic (exact) mass is 574 g/mol. The van der Waals surface area contributed by atoms with Crippen molar-refractivity contribution in [2.45, 2.75) is 39.2 Å². The van der Waals surface area contributed by atoms with Crippen LogP contribution in [0.5, 0.6) is 11.5 Å². The van der Waals surface area contributed by atoms with Gasteiger partial charge in [-0.3, -0.25) is 4.90 Å². The maximum Gasteiger partial charge on any atom is 0.410 e. The van der Waals surface area contributed by atoms with Crippen molar-refractivity contribution in [3.8, 4) is 29.7 Å². The Morgan fingerprint density at radius 3 is 2.48 bits per heavy atom. The Morgan fingerprint density at radius 1 is 1.14 bits per heavy atom.